The largest absolute Gasteiger partial charge is 0.434 e. The molecule has 26 heavy (non-hydrogen) atoms. The van der Waals surface area contributed by atoms with Crippen LogP contribution >= 0.6 is 11.6 Å². The van der Waals surface area contributed by atoms with Gasteiger partial charge in [-0.2, -0.15) is 4.98 Å². The molecule has 3 rings (SSSR count). The van der Waals surface area contributed by atoms with Crippen LogP contribution in [0.4, 0.5) is 17.2 Å². The van der Waals surface area contributed by atoms with Crippen LogP contribution in [0.3, 0.4) is 0 Å². The highest BCUT2D eigenvalue weighted by Crippen LogP contribution is 2.36. The SMILES string of the molecule is Cc1cccc(Nc2ncnc(Oc3ccc(Cl)c(C)c3)c2[N+](=O)[O-])c1. The molecule has 3 aromatic rings. The van der Waals surface area contributed by atoms with Crippen molar-refractivity contribution in [3.63, 3.8) is 0 Å². The minimum Gasteiger partial charge on any atom is -0.434 e. The lowest BCUT2D eigenvalue weighted by Crippen LogP contribution is -2.03. The average Bonchev–Trinajstić information content (AvgIpc) is 2.58. The minimum absolute atomic E-state index is 0.0521. The summed E-state index contributed by atoms with van der Waals surface area (Å²) in [7, 11) is 0. The van der Waals surface area contributed by atoms with Gasteiger partial charge in [0, 0.05) is 10.7 Å². The summed E-state index contributed by atoms with van der Waals surface area (Å²) in [6, 6.07) is 12.4. The Bertz CT molecular complexity index is 978. The molecule has 8 heteroatoms. The summed E-state index contributed by atoms with van der Waals surface area (Å²) < 4.78 is 5.62. The highest BCUT2D eigenvalue weighted by atomic mass is 35.5. The molecule has 0 fully saturated rings. The van der Waals surface area contributed by atoms with Crippen LogP contribution in [0.5, 0.6) is 11.6 Å². The van der Waals surface area contributed by atoms with Crippen LogP contribution in [0.2, 0.25) is 5.02 Å². The number of nitro groups is 1. The van der Waals surface area contributed by atoms with Crippen molar-refractivity contribution in [2.24, 2.45) is 0 Å². The molecule has 0 bridgehead atoms. The molecule has 0 saturated heterocycles. The molecule has 0 unspecified atom stereocenters. The number of halogens is 1. The molecule has 0 spiro atoms. The molecule has 0 amide bonds. The summed E-state index contributed by atoms with van der Waals surface area (Å²) in [5, 5.41) is 15.1. The Morgan fingerprint density at radius 1 is 1.15 bits per heavy atom. The van der Waals surface area contributed by atoms with Gasteiger partial charge >= 0.3 is 11.6 Å². The number of nitrogens with one attached hydrogen (secondary N) is 1. The Morgan fingerprint density at radius 3 is 2.65 bits per heavy atom. The lowest BCUT2D eigenvalue weighted by atomic mass is 10.2. The summed E-state index contributed by atoms with van der Waals surface area (Å²) in [5.41, 5.74) is 2.14. The van der Waals surface area contributed by atoms with Gasteiger partial charge in [0.25, 0.3) is 0 Å². The van der Waals surface area contributed by atoms with E-state index in [9.17, 15) is 10.1 Å². The number of anilines is 2. The van der Waals surface area contributed by atoms with Crippen LogP contribution in [0.15, 0.2) is 48.8 Å². The number of nitrogens with zero attached hydrogens (tertiary/aromatic N) is 3. The van der Waals surface area contributed by atoms with E-state index < -0.39 is 4.92 Å². The zero-order valence-corrected chi connectivity index (χ0v) is 14.8. The van der Waals surface area contributed by atoms with Crippen LogP contribution in [0.1, 0.15) is 11.1 Å². The maximum absolute atomic E-state index is 11.6. The third kappa shape index (κ3) is 3.89. The fraction of sp³-hybridized carbons (Fsp3) is 0.111. The van der Waals surface area contributed by atoms with E-state index >= 15 is 0 Å². The van der Waals surface area contributed by atoms with E-state index in [-0.39, 0.29) is 17.4 Å². The number of aryl methyl sites for hydroxylation is 2. The third-order valence-corrected chi connectivity index (χ3v) is 4.02. The van der Waals surface area contributed by atoms with E-state index in [4.69, 9.17) is 16.3 Å². The van der Waals surface area contributed by atoms with Gasteiger partial charge in [-0.3, -0.25) is 10.1 Å². The van der Waals surface area contributed by atoms with Crippen LogP contribution < -0.4 is 10.1 Å². The van der Waals surface area contributed by atoms with Crippen molar-refractivity contribution >= 4 is 28.8 Å². The molecule has 2 aromatic carbocycles. The summed E-state index contributed by atoms with van der Waals surface area (Å²) in [5.74, 6) is 0.299. The normalized spacial score (nSPS) is 10.4. The van der Waals surface area contributed by atoms with Gasteiger partial charge in [0.1, 0.15) is 12.1 Å². The first kappa shape index (κ1) is 17.6. The second kappa shape index (κ2) is 7.37. The standard InChI is InChI=1S/C18H15ClN4O3/c1-11-4-3-5-13(8-11)22-17-16(23(24)25)18(21-10-20-17)26-14-6-7-15(19)12(2)9-14/h3-10H,1-2H3,(H,20,21,22). The quantitative estimate of drug-likeness (QED) is 0.491. The summed E-state index contributed by atoms with van der Waals surface area (Å²) in [4.78, 5) is 18.9. The zero-order valence-electron chi connectivity index (χ0n) is 14.1. The molecular weight excluding hydrogens is 356 g/mol. The van der Waals surface area contributed by atoms with Crippen LogP contribution in [-0.2, 0) is 0 Å². The lowest BCUT2D eigenvalue weighted by Gasteiger charge is -2.10. The first-order chi connectivity index (χ1) is 12.4. The highest BCUT2D eigenvalue weighted by molar-refractivity contribution is 6.31. The number of hydrogen-bond acceptors (Lipinski definition) is 6. The van der Waals surface area contributed by atoms with E-state index in [1.54, 1.807) is 24.3 Å². The van der Waals surface area contributed by atoms with Gasteiger partial charge in [-0.25, -0.2) is 4.98 Å². The van der Waals surface area contributed by atoms with Crippen molar-refractivity contribution in [3.05, 3.63) is 75.1 Å². The van der Waals surface area contributed by atoms with Gasteiger partial charge in [-0.15, -0.1) is 0 Å². The van der Waals surface area contributed by atoms with Gasteiger partial charge in [-0.1, -0.05) is 23.7 Å². The Kier molecular flexibility index (Phi) is 4.99. The molecule has 0 atom stereocenters. The molecule has 7 nitrogen and oxygen atoms in total. The molecule has 0 aliphatic rings. The van der Waals surface area contributed by atoms with Crippen molar-refractivity contribution in [1.29, 1.82) is 0 Å². The van der Waals surface area contributed by atoms with Crippen molar-refractivity contribution < 1.29 is 9.66 Å². The molecule has 0 aliphatic carbocycles. The molecule has 132 valence electrons. The summed E-state index contributed by atoms with van der Waals surface area (Å²) >= 11 is 5.99. The number of aromatic nitrogens is 2. The van der Waals surface area contributed by atoms with Crippen molar-refractivity contribution in [2.45, 2.75) is 13.8 Å². The third-order valence-electron chi connectivity index (χ3n) is 3.60. The average molecular weight is 371 g/mol. The molecule has 1 heterocycles. The van der Waals surface area contributed by atoms with E-state index in [1.165, 1.54) is 6.33 Å². The zero-order chi connectivity index (χ0) is 18.7. The van der Waals surface area contributed by atoms with Crippen LogP contribution in [0.25, 0.3) is 0 Å². The monoisotopic (exact) mass is 370 g/mol. The van der Waals surface area contributed by atoms with Gasteiger partial charge < -0.3 is 10.1 Å². The maximum Gasteiger partial charge on any atom is 0.373 e. The smallest absolute Gasteiger partial charge is 0.373 e. The predicted molar refractivity (Wildman–Crippen MR) is 99.4 cm³/mol. The summed E-state index contributed by atoms with van der Waals surface area (Å²) in [6.07, 6.45) is 1.21. The Morgan fingerprint density at radius 2 is 1.96 bits per heavy atom. The number of benzene rings is 2. The molecule has 0 aliphatic heterocycles. The van der Waals surface area contributed by atoms with Crippen molar-refractivity contribution in [2.75, 3.05) is 5.32 Å². The fourth-order valence-electron chi connectivity index (χ4n) is 2.35. The van der Waals surface area contributed by atoms with Crippen LogP contribution in [-0.4, -0.2) is 14.9 Å². The first-order valence-corrected chi connectivity index (χ1v) is 8.09. The molecule has 1 N–H and O–H groups in total. The summed E-state index contributed by atoms with van der Waals surface area (Å²) in [6.45, 7) is 3.74. The predicted octanol–water partition coefficient (Wildman–Crippen LogP) is 5.19. The van der Waals surface area contributed by atoms with E-state index in [1.807, 2.05) is 32.0 Å². The lowest BCUT2D eigenvalue weighted by molar-refractivity contribution is -0.385. The fourth-order valence-corrected chi connectivity index (χ4v) is 2.46. The first-order valence-electron chi connectivity index (χ1n) is 7.71. The minimum atomic E-state index is -0.573. The van der Waals surface area contributed by atoms with Gasteiger partial charge in [-0.05, 0) is 55.3 Å². The maximum atomic E-state index is 11.6. The van der Waals surface area contributed by atoms with Gasteiger partial charge in [0.05, 0.1) is 4.92 Å². The second-order valence-electron chi connectivity index (χ2n) is 5.64. The van der Waals surface area contributed by atoms with E-state index in [0.29, 0.717) is 16.5 Å². The molecule has 0 saturated carbocycles. The Labute approximate surface area is 154 Å². The highest BCUT2D eigenvalue weighted by Gasteiger charge is 2.25. The molecule has 0 radical (unpaired) electrons. The number of rotatable bonds is 5. The Balaban J connectivity index is 1.98. The van der Waals surface area contributed by atoms with E-state index in [0.717, 1.165) is 11.1 Å². The van der Waals surface area contributed by atoms with Crippen molar-refractivity contribution in [3.8, 4) is 11.6 Å². The van der Waals surface area contributed by atoms with E-state index in [2.05, 4.69) is 15.3 Å². The van der Waals surface area contributed by atoms with Crippen molar-refractivity contribution in [1.82, 2.24) is 9.97 Å². The van der Waals surface area contributed by atoms with Gasteiger partial charge in [0.2, 0.25) is 5.82 Å². The number of ether oxygens (including phenoxy) is 1. The number of hydrogen-bond donors (Lipinski definition) is 1. The molecular formula is C18H15ClN4O3. The van der Waals surface area contributed by atoms with Crippen LogP contribution in [0, 0.1) is 24.0 Å². The second-order valence-corrected chi connectivity index (χ2v) is 6.05. The van der Waals surface area contributed by atoms with Gasteiger partial charge in [0.15, 0.2) is 0 Å². The molecule has 1 aromatic heterocycles. The topological polar surface area (TPSA) is 90.2 Å². The Hall–Kier alpha value is -3.19.